The molecule has 0 unspecified atom stereocenters. The van der Waals surface area contributed by atoms with Crippen LogP contribution in [-0.4, -0.2) is 14.9 Å². The molecule has 4 aromatic rings. The van der Waals surface area contributed by atoms with Crippen LogP contribution in [0.5, 0.6) is 0 Å². The number of nitrogens with zero attached hydrogens (tertiary/aromatic N) is 2. The minimum Gasteiger partial charge on any atom is -0.289 e. The van der Waals surface area contributed by atoms with Gasteiger partial charge < -0.3 is 0 Å². The van der Waals surface area contributed by atoms with E-state index in [1.807, 2.05) is 13.8 Å². The highest BCUT2D eigenvalue weighted by Gasteiger charge is 2.34. The van der Waals surface area contributed by atoms with Crippen LogP contribution in [0.15, 0.2) is 50.7 Å². The molecular formula is C24H21F3N2O3S2. The second-order valence-corrected chi connectivity index (χ2v) is 10.3. The molecule has 0 bridgehead atoms. The molecule has 0 spiro atoms. The number of halogens is 3. The molecule has 178 valence electrons. The number of carbonyl (C=O) groups is 1. The summed E-state index contributed by atoms with van der Waals surface area (Å²) in [6.07, 6.45) is -4.76. The van der Waals surface area contributed by atoms with Gasteiger partial charge in [0.1, 0.15) is 4.83 Å². The first kappa shape index (κ1) is 24.2. The summed E-state index contributed by atoms with van der Waals surface area (Å²) in [6.45, 7) is 4.12. The third-order valence-electron chi connectivity index (χ3n) is 5.48. The molecule has 4 rings (SSSR count). The van der Waals surface area contributed by atoms with Gasteiger partial charge in [0.15, 0.2) is 5.78 Å². The smallest absolute Gasteiger partial charge is 0.289 e. The first-order valence-corrected chi connectivity index (χ1v) is 12.2. The Hall–Kier alpha value is -2.98. The molecule has 3 aromatic heterocycles. The lowest BCUT2D eigenvalue weighted by atomic mass is 9.97. The molecule has 0 fully saturated rings. The van der Waals surface area contributed by atoms with Crippen LogP contribution >= 0.6 is 22.7 Å². The van der Waals surface area contributed by atoms with Gasteiger partial charge in [-0.2, -0.15) is 24.5 Å². The third kappa shape index (κ3) is 4.27. The van der Waals surface area contributed by atoms with Gasteiger partial charge in [-0.15, -0.1) is 11.3 Å². The number of ketones is 1. The van der Waals surface area contributed by atoms with Gasteiger partial charge in [-0.1, -0.05) is 32.0 Å². The zero-order chi connectivity index (χ0) is 24.8. The van der Waals surface area contributed by atoms with Crippen molar-refractivity contribution in [1.29, 1.82) is 0 Å². The lowest BCUT2D eigenvalue weighted by molar-refractivity contribution is -0.138. The fourth-order valence-electron chi connectivity index (χ4n) is 3.93. The van der Waals surface area contributed by atoms with Gasteiger partial charge >= 0.3 is 11.9 Å². The molecule has 0 aliphatic heterocycles. The molecule has 0 amide bonds. The molecule has 3 heterocycles. The van der Waals surface area contributed by atoms with Gasteiger partial charge in [0, 0.05) is 35.8 Å². The van der Waals surface area contributed by atoms with Crippen LogP contribution in [0.25, 0.3) is 10.2 Å². The molecule has 0 saturated carbocycles. The van der Waals surface area contributed by atoms with E-state index >= 15 is 0 Å². The van der Waals surface area contributed by atoms with E-state index in [9.17, 15) is 27.6 Å². The maximum absolute atomic E-state index is 13.7. The zero-order valence-electron chi connectivity index (χ0n) is 18.6. The highest BCUT2D eigenvalue weighted by molar-refractivity contribution is 7.19. The lowest BCUT2D eigenvalue weighted by Crippen LogP contribution is -2.38. The van der Waals surface area contributed by atoms with Crippen LogP contribution in [0.2, 0.25) is 0 Å². The van der Waals surface area contributed by atoms with E-state index in [0.717, 1.165) is 22.0 Å². The Balaban J connectivity index is 2.05. The van der Waals surface area contributed by atoms with Gasteiger partial charge in [0.2, 0.25) is 0 Å². The maximum Gasteiger partial charge on any atom is 0.416 e. The van der Waals surface area contributed by atoms with E-state index in [1.165, 1.54) is 41.2 Å². The van der Waals surface area contributed by atoms with Crippen LogP contribution in [0, 0.1) is 5.92 Å². The number of hydrogen-bond donors (Lipinski definition) is 0. The van der Waals surface area contributed by atoms with Crippen LogP contribution in [0.1, 0.15) is 45.8 Å². The number of alkyl halides is 3. The van der Waals surface area contributed by atoms with Crippen molar-refractivity contribution in [3.05, 3.63) is 89.1 Å². The average Bonchev–Trinajstić information content (AvgIpc) is 3.43. The van der Waals surface area contributed by atoms with Gasteiger partial charge in [0.25, 0.3) is 5.56 Å². The summed E-state index contributed by atoms with van der Waals surface area (Å²) >= 11 is 2.34. The number of thiophene rings is 2. The first-order valence-electron chi connectivity index (χ1n) is 10.5. The highest BCUT2D eigenvalue weighted by atomic mass is 32.1. The Bertz CT molecular complexity index is 1490. The standard InChI is InChI=1S/C24H21F3N2O3S2/c1-13(2)11-29-22-19(21(31)28(3)23(29)32)18(20(30)15-8-9-33-12-15)17(34-22)10-14-6-4-5-7-16(14)24(25,26)27/h4-9,12-13H,10-11H2,1-3H3. The molecule has 1 aromatic carbocycles. The van der Waals surface area contributed by atoms with E-state index in [0.29, 0.717) is 21.8 Å². The SMILES string of the molecule is CC(C)Cn1c(=O)n(C)c(=O)c2c(C(=O)c3ccsc3)c(Cc3ccccc3C(F)(F)F)sc21. The second kappa shape index (κ2) is 8.99. The van der Waals surface area contributed by atoms with E-state index < -0.39 is 28.8 Å². The molecule has 0 aliphatic rings. The van der Waals surface area contributed by atoms with Crippen LogP contribution in [0.3, 0.4) is 0 Å². The number of rotatable bonds is 6. The van der Waals surface area contributed by atoms with Crippen molar-refractivity contribution in [3.63, 3.8) is 0 Å². The van der Waals surface area contributed by atoms with E-state index in [1.54, 1.807) is 16.8 Å². The number of fused-ring (bicyclic) bond motifs is 1. The Kier molecular flexibility index (Phi) is 6.39. The van der Waals surface area contributed by atoms with Crippen LogP contribution in [0.4, 0.5) is 13.2 Å². The fourth-order valence-corrected chi connectivity index (χ4v) is 5.88. The monoisotopic (exact) mass is 506 g/mol. The number of aromatic nitrogens is 2. The summed E-state index contributed by atoms with van der Waals surface area (Å²) in [6, 6.07) is 6.79. The van der Waals surface area contributed by atoms with Crippen LogP contribution < -0.4 is 11.2 Å². The number of carbonyl (C=O) groups excluding carboxylic acids is 1. The minimum absolute atomic E-state index is 0.00416. The molecule has 0 atom stereocenters. The maximum atomic E-state index is 13.7. The molecule has 0 aliphatic carbocycles. The van der Waals surface area contributed by atoms with Gasteiger partial charge in [-0.3, -0.25) is 18.7 Å². The first-order chi connectivity index (χ1) is 16.0. The molecule has 0 saturated heterocycles. The van der Waals surface area contributed by atoms with Crippen molar-refractivity contribution < 1.29 is 18.0 Å². The second-order valence-electron chi connectivity index (χ2n) is 8.40. The van der Waals surface area contributed by atoms with Gasteiger partial charge in [0.05, 0.1) is 16.5 Å². The largest absolute Gasteiger partial charge is 0.416 e. The normalized spacial score (nSPS) is 12.1. The molecule has 10 heteroatoms. The molecule has 34 heavy (non-hydrogen) atoms. The van der Waals surface area contributed by atoms with Crippen molar-refractivity contribution in [2.75, 3.05) is 0 Å². The minimum atomic E-state index is -4.57. The van der Waals surface area contributed by atoms with Crippen molar-refractivity contribution in [2.24, 2.45) is 13.0 Å². The zero-order valence-corrected chi connectivity index (χ0v) is 20.2. The topological polar surface area (TPSA) is 61.1 Å². The molecular weight excluding hydrogens is 485 g/mol. The number of benzene rings is 1. The number of hydrogen-bond acceptors (Lipinski definition) is 5. The Morgan fingerprint density at radius 1 is 1.12 bits per heavy atom. The summed E-state index contributed by atoms with van der Waals surface area (Å²) in [7, 11) is 1.34. The van der Waals surface area contributed by atoms with Gasteiger partial charge in [-0.25, -0.2) is 4.79 Å². The quantitative estimate of drug-likeness (QED) is 0.333. The van der Waals surface area contributed by atoms with Gasteiger partial charge in [-0.05, 0) is 29.0 Å². The van der Waals surface area contributed by atoms with Crippen molar-refractivity contribution in [2.45, 2.75) is 33.0 Å². The average molecular weight is 507 g/mol. The molecule has 0 N–H and O–H groups in total. The van der Waals surface area contributed by atoms with Crippen molar-refractivity contribution in [3.8, 4) is 0 Å². The van der Waals surface area contributed by atoms with Crippen molar-refractivity contribution in [1.82, 2.24) is 9.13 Å². The predicted octanol–water partition coefficient (Wildman–Crippen LogP) is 5.32. The summed E-state index contributed by atoms with van der Waals surface area (Å²) in [5, 5.41) is 3.42. The Morgan fingerprint density at radius 3 is 2.44 bits per heavy atom. The van der Waals surface area contributed by atoms with E-state index in [-0.39, 0.29) is 28.9 Å². The Morgan fingerprint density at radius 2 is 1.82 bits per heavy atom. The third-order valence-corrected chi connectivity index (χ3v) is 7.37. The highest BCUT2D eigenvalue weighted by Crippen LogP contribution is 2.37. The Labute approximate surface area is 200 Å². The summed E-state index contributed by atoms with van der Waals surface area (Å²) in [4.78, 5) is 40.2. The molecule has 5 nitrogen and oxygen atoms in total. The summed E-state index contributed by atoms with van der Waals surface area (Å²) in [5.74, 6) is -0.384. The lowest BCUT2D eigenvalue weighted by Gasteiger charge is -2.12. The molecule has 0 radical (unpaired) electrons. The summed E-state index contributed by atoms with van der Waals surface area (Å²) < 4.78 is 43.4. The van der Waals surface area contributed by atoms with E-state index in [4.69, 9.17) is 0 Å². The van der Waals surface area contributed by atoms with Crippen LogP contribution in [-0.2, 0) is 26.2 Å². The van der Waals surface area contributed by atoms with Crippen molar-refractivity contribution >= 4 is 38.7 Å². The summed E-state index contributed by atoms with van der Waals surface area (Å²) in [5.41, 5.74) is -1.55. The van der Waals surface area contributed by atoms with E-state index in [2.05, 4.69) is 0 Å². The predicted molar refractivity (Wildman–Crippen MR) is 128 cm³/mol. The fraction of sp³-hybridized carbons (Fsp3) is 0.292.